The van der Waals surface area contributed by atoms with Gasteiger partial charge < -0.3 is 9.64 Å². The van der Waals surface area contributed by atoms with E-state index in [-0.39, 0.29) is 5.97 Å². The number of aryl methyl sites for hydroxylation is 1. The van der Waals surface area contributed by atoms with Gasteiger partial charge in [-0.1, -0.05) is 0 Å². The topological polar surface area (TPSA) is 29.5 Å². The lowest BCUT2D eigenvalue weighted by Crippen LogP contribution is -2.21. The molecular formula is C13H16INO2. The van der Waals surface area contributed by atoms with Gasteiger partial charge in [0, 0.05) is 16.7 Å². The largest absolute Gasteiger partial charge is 0.465 e. The normalized spacial score (nSPS) is 15.1. The van der Waals surface area contributed by atoms with Crippen LogP contribution in [0.5, 0.6) is 0 Å². The molecule has 1 aliphatic rings. The Labute approximate surface area is 115 Å². The van der Waals surface area contributed by atoms with E-state index in [0.29, 0.717) is 5.56 Å². The highest BCUT2D eigenvalue weighted by atomic mass is 127. The van der Waals surface area contributed by atoms with E-state index in [9.17, 15) is 4.79 Å². The van der Waals surface area contributed by atoms with Gasteiger partial charge in [0.15, 0.2) is 0 Å². The molecule has 1 saturated heterocycles. The summed E-state index contributed by atoms with van der Waals surface area (Å²) in [5.74, 6) is -0.246. The highest BCUT2D eigenvalue weighted by molar-refractivity contribution is 14.1. The van der Waals surface area contributed by atoms with E-state index < -0.39 is 0 Å². The number of methoxy groups -OCH3 is 1. The molecule has 0 atom stereocenters. The number of esters is 1. The van der Waals surface area contributed by atoms with E-state index in [2.05, 4.69) is 40.5 Å². The van der Waals surface area contributed by atoms with Crippen molar-refractivity contribution in [3.63, 3.8) is 0 Å². The van der Waals surface area contributed by atoms with Crippen LogP contribution < -0.4 is 4.90 Å². The van der Waals surface area contributed by atoms with Gasteiger partial charge in [-0.05, 0) is 60.1 Å². The summed E-state index contributed by atoms with van der Waals surface area (Å²) in [5.41, 5.74) is 2.91. The number of ether oxygens (including phenoxy) is 1. The fourth-order valence-electron chi connectivity index (χ4n) is 2.16. The Balaban J connectivity index is 2.46. The van der Waals surface area contributed by atoms with Crippen LogP contribution in [0.25, 0.3) is 0 Å². The van der Waals surface area contributed by atoms with E-state index in [1.165, 1.54) is 25.5 Å². The predicted octanol–water partition coefficient (Wildman–Crippen LogP) is 2.99. The number of rotatable bonds is 2. The maximum absolute atomic E-state index is 11.8. The summed E-state index contributed by atoms with van der Waals surface area (Å²) in [5, 5.41) is 0. The fraction of sp³-hybridized carbons (Fsp3) is 0.462. The molecule has 17 heavy (non-hydrogen) atoms. The molecule has 0 amide bonds. The van der Waals surface area contributed by atoms with Crippen molar-refractivity contribution in [2.45, 2.75) is 19.8 Å². The van der Waals surface area contributed by atoms with Crippen LogP contribution in [0.3, 0.4) is 0 Å². The van der Waals surface area contributed by atoms with Crippen LogP contribution in [0.2, 0.25) is 0 Å². The van der Waals surface area contributed by atoms with Gasteiger partial charge in [0.1, 0.15) is 0 Å². The zero-order valence-corrected chi connectivity index (χ0v) is 12.3. The Hall–Kier alpha value is -0.780. The number of anilines is 1. The second kappa shape index (κ2) is 5.25. The molecule has 3 nitrogen and oxygen atoms in total. The summed E-state index contributed by atoms with van der Waals surface area (Å²) in [6.45, 7) is 4.14. The molecule has 0 radical (unpaired) electrons. The third kappa shape index (κ3) is 2.56. The number of carbonyl (C=O) groups is 1. The molecule has 1 heterocycles. The fourth-order valence-corrected chi connectivity index (χ4v) is 2.63. The summed E-state index contributed by atoms with van der Waals surface area (Å²) in [6.07, 6.45) is 2.40. The average Bonchev–Trinajstić information content (AvgIpc) is 2.84. The van der Waals surface area contributed by atoms with Crippen LogP contribution in [0.15, 0.2) is 12.1 Å². The first-order chi connectivity index (χ1) is 8.13. The van der Waals surface area contributed by atoms with Gasteiger partial charge in [-0.15, -0.1) is 0 Å². The first-order valence-electron chi connectivity index (χ1n) is 5.77. The Kier molecular flexibility index (Phi) is 3.91. The summed E-state index contributed by atoms with van der Waals surface area (Å²) < 4.78 is 5.97. The lowest BCUT2D eigenvalue weighted by atomic mass is 10.1. The van der Waals surface area contributed by atoms with Gasteiger partial charge in [0.25, 0.3) is 0 Å². The molecule has 92 valence electrons. The quantitative estimate of drug-likeness (QED) is 0.610. The van der Waals surface area contributed by atoms with Crippen molar-refractivity contribution in [2.24, 2.45) is 0 Å². The predicted molar refractivity (Wildman–Crippen MR) is 76.7 cm³/mol. The van der Waals surface area contributed by atoms with E-state index in [4.69, 9.17) is 4.74 Å². The number of carbonyl (C=O) groups excluding carboxylic acids is 1. The molecule has 1 fully saturated rings. The van der Waals surface area contributed by atoms with E-state index in [1.807, 2.05) is 6.07 Å². The molecule has 1 aromatic rings. The minimum Gasteiger partial charge on any atom is -0.465 e. The van der Waals surface area contributed by atoms with Crippen molar-refractivity contribution in [3.8, 4) is 0 Å². The first kappa shape index (κ1) is 12.7. The summed E-state index contributed by atoms with van der Waals surface area (Å²) in [7, 11) is 1.43. The number of halogens is 1. The number of hydrogen-bond acceptors (Lipinski definition) is 3. The SMILES string of the molecule is COC(=O)c1cc(I)c(C)cc1N1CCCC1. The lowest BCUT2D eigenvalue weighted by Gasteiger charge is -2.21. The molecular weight excluding hydrogens is 329 g/mol. The molecule has 2 rings (SSSR count). The van der Waals surface area contributed by atoms with Crippen LogP contribution in [0.4, 0.5) is 5.69 Å². The Bertz CT molecular complexity index is 439. The van der Waals surface area contributed by atoms with E-state index in [0.717, 1.165) is 22.3 Å². The van der Waals surface area contributed by atoms with Gasteiger partial charge in [-0.2, -0.15) is 0 Å². The third-order valence-corrected chi connectivity index (χ3v) is 4.29. The zero-order chi connectivity index (χ0) is 12.4. The Morgan fingerprint density at radius 3 is 2.59 bits per heavy atom. The molecule has 1 aromatic carbocycles. The van der Waals surface area contributed by atoms with E-state index >= 15 is 0 Å². The van der Waals surface area contributed by atoms with E-state index in [1.54, 1.807) is 0 Å². The lowest BCUT2D eigenvalue weighted by molar-refractivity contribution is 0.0601. The van der Waals surface area contributed by atoms with Gasteiger partial charge in [0.05, 0.1) is 18.4 Å². The van der Waals surface area contributed by atoms with Crippen LogP contribution in [-0.4, -0.2) is 26.2 Å². The second-order valence-corrected chi connectivity index (χ2v) is 5.47. The Morgan fingerprint density at radius 1 is 1.35 bits per heavy atom. The average molecular weight is 345 g/mol. The van der Waals surface area contributed by atoms with Crippen molar-refractivity contribution in [1.82, 2.24) is 0 Å². The van der Waals surface area contributed by atoms with Crippen molar-refractivity contribution in [3.05, 3.63) is 26.8 Å². The summed E-state index contributed by atoms with van der Waals surface area (Å²) in [4.78, 5) is 14.1. The molecule has 0 bridgehead atoms. The number of nitrogens with zero attached hydrogens (tertiary/aromatic N) is 1. The molecule has 4 heteroatoms. The molecule has 0 unspecified atom stereocenters. The highest BCUT2D eigenvalue weighted by Crippen LogP contribution is 2.29. The van der Waals surface area contributed by atoms with Gasteiger partial charge in [0.2, 0.25) is 0 Å². The third-order valence-electron chi connectivity index (χ3n) is 3.13. The van der Waals surface area contributed by atoms with Crippen molar-refractivity contribution >= 4 is 34.2 Å². The number of benzene rings is 1. The van der Waals surface area contributed by atoms with Crippen molar-refractivity contribution in [1.29, 1.82) is 0 Å². The van der Waals surface area contributed by atoms with Crippen LogP contribution in [0.1, 0.15) is 28.8 Å². The maximum atomic E-state index is 11.8. The summed E-state index contributed by atoms with van der Waals surface area (Å²) in [6, 6.07) is 4.02. The van der Waals surface area contributed by atoms with Crippen molar-refractivity contribution in [2.75, 3.05) is 25.1 Å². The molecule has 1 aliphatic heterocycles. The second-order valence-electron chi connectivity index (χ2n) is 4.30. The minimum absolute atomic E-state index is 0.246. The van der Waals surface area contributed by atoms with Crippen molar-refractivity contribution < 1.29 is 9.53 Å². The molecule has 0 saturated carbocycles. The zero-order valence-electron chi connectivity index (χ0n) is 10.1. The van der Waals surface area contributed by atoms with Gasteiger partial charge in [-0.25, -0.2) is 4.79 Å². The summed E-state index contributed by atoms with van der Waals surface area (Å²) >= 11 is 2.25. The van der Waals surface area contributed by atoms with Crippen LogP contribution in [-0.2, 0) is 4.74 Å². The first-order valence-corrected chi connectivity index (χ1v) is 6.84. The molecule has 0 spiro atoms. The Morgan fingerprint density at radius 2 is 2.00 bits per heavy atom. The van der Waals surface area contributed by atoms with Gasteiger partial charge >= 0.3 is 5.97 Å². The standard InChI is InChI=1S/C13H16INO2/c1-9-7-12(15-5-3-4-6-15)10(8-11(9)14)13(16)17-2/h7-8H,3-6H2,1-2H3. The van der Waals surface area contributed by atoms with Gasteiger partial charge in [-0.3, -0.25) is 0 Å². The smallest absolute Gasteiger partial charge is 0.340 e. The molecule has 0 aliphatic carbocycles. The maximum Gasteiger partial charge on any atom is 0.340 e. The molecule has 0 aromatic heterocycles. The number of hydrogen-bond donors (Lipinski definition) is 0. The molecule has 0 N–H and O–H groups in total. The van der Waals surface area contributed by atoms with Crippen LogP contribution in [0, 0.1) is 10.5 Å². The highest BCUT2D eigenvalue weighted by Gasteiger charge is 2.21. The monoisotopic (exact) mass is 345 g/mol. The van der Waals surface area contributed by atoms with Crippen LogP contribution >= 0.6 is 22.6 Å². The minimum atomic E-state index is -0.246.